The van der Waals surface area contributed by atoms with Gasteiger partial charge in [0.1, 0.15) is 0 Å². The fraction of sp³-hybridized carbons (Fsp3) is 0.353. The first kappa shape index (κ1) is 16.5. The Kier molecular flexibility index (Phi) is 4.56. The van der Waals surface area contributed by atoms with Crippen molar-refractivity contribution in [2.24, 2.45) is 0 Å². The predicted molar refractivity (Wildman–Crippen MR) is 89.8 cm³/mol. The molecule has 2 rings (SSSR count). The summed E-state index contributed by atoms with van der Waals surface area (Å²) < 4.78 is 23.4. The average molecular weight is 319 g/mol. The number of rotatable bonds is 4. The maximum absolute atomic E-state index is 12.8. The minimum atomic E-state index is -3.20. The van der Waals surface area contributed by atoms with Gasteiger partial charge in [0.15, 0.2) is 9.84 Å². The molecule has 1 amide bonds. The molecular formula is C17H21NO3S. The number of hydrogen-bond acceptors (Lipinski definition) is 3. The zero-order valence-corrected chi connectivity index (χ0v) is 14.1. The molecule has 118 valence electrons. The van der Waals surface area contributed by atoms with Crippen LogP contribution >= 0.6 is 0 Å². The van der Waals surface area contributed by atoms with Crippen LogP contribution in [-0.2, 0) is 9.84 Å². The van der Waals surface area contributed by atoms with Crippen molar-refractivity contribution in [1.82, 2.24) is 4.90 Å². The van der Waals surface area contributed by atoms with Crippen LogP contribution in [0, 0.1) is 0 Å². The van der Waals surface area contributed by atoms with E-state index in [1.807, 2.05) is 36.4 Å². The van der Waals surface area contributed by atoms with Crippen molar-refractivity contribution in [3.8, 4) is 0 Å². The van der Waals surface area contributed by atoms with Crippen LogP contribution in [0.2, 0.25) is 0 Å². The SMILES string of the molecule is CC(C(C)S(C)(=O)=O)N(C)C(=O)c1cccc2ccccc12. The van der Waals surface area contributed by atoms with Gasteiger partial charge in [0.05, 0.1) is 5.25 Å². The predicted octanol–water partition coefficient (Wildman–Crippen LogP) is 2.73. The van der Waals surface area contributed by atoms with E-state index in [4.69, 9.17) is 0 Å². The summed E-state index contributed by atoms with van der Waals surface area (Å²) in [6.45, 7) is 3.39. The van der Waals surface area contributed by atoms with Crippen molar-refractivity contribution in [2.75, 3.05) is 13.3 Å². The van der Waals surface area contributed by atoms with Gasteiger partial charge in [-0.15, -0.1) is 0 Å². The molecule has 0 spiro atoms. The minimum absolute atomic E-state index is 0.167. The molecule has 2 unspecified atom stereocenters. The van der Waals surface area contributed by atoms with Crippen molar-refractivity contribution in [3.05, 3.63) is 48.0 Å². The van der Waals surface area contributed by atoms with Gasteiger partial charge >= 0.3 is 0 Å². The lowest BCUT2D eigenvalue weighted by Gasteiger charge is -2.29. The second-order valence-corrected chi connectivity index (χ2v) is 8.12. The Bertz CT molecular complexity index is 793. The van der Waals surface area contributed by atoms with E-state index in [1.54, 1.807) is 27.0 Å². The number of carbonyl (C=O) groups is 1. The molecule has 0 aliphatic rings. The van der Waals surface area contributed by atoms with Gasteiger partial charge in [-0.05, 0) is 30.7 Å². The van der Waals surface area contributed by atoms with Gasteiger partial charge in [-0.2, -0.15) is 0 Å². The van der Waals surface area contributed by atoms with Gasteiger partial charge in [0, 0.05) is 24.9 Å². The molecule has 22 heavy (non-hydrogen) atoms. The van der Waals surface area contributed by atoms with Crippen molar-refractivity contribution < 1.29 is 13.2 Å². The van der Waals surface area contributed by atoms with Crippen LogP contribution in [0.3, 0.4) is 0 Å². The largest absolute Gasteiger partial charge is 0.338 e. The summed E-state index contributed by atoms with van der Waals surface area (Å²) in [6, 6.07) is 12.8. The van der Waals surface area contributed by atoms with Crippen molar-refractivity contribution in [2.45, 2.75) is 25.1 Å². The Hall–Kier alpha value is -1.88. The number of nitrogens with zero attached hydrogens (tertiary/aromatic N) is 1. The molecular weight excluding hydrogens is 298 g/mol. The third kappa shape index (κ3) is 3.14. The van der Waals surface area contributed by atoms with Crippen LogP contribution < -0.4 is 0 Å². The topological polar surface area (TPSA) is 54.5 Å². The number of benzene rings is 2. The van der Waals surface area contributed by atoms with E-state index in [2.05, 4.69) is 0 Å². The summed E-state index contributed by atoms with van der Waals surface area (Å²) in [6.07, 6.45) is 1.20. The molecule has 2 atom stereocenters. The Labute approximate surface area is 131 Å². The molecule has 0 heterocycles. The number of sulfone groups is 1. The van der Waals surface area contributed by atoms with E-state index in [9.17, 15) is 13.2 Å². The maximum atomic E-state index is 12.8. The maximum Gasteiger partial charge on any atom is 0.254 e. The van der Waals surface area contributed by atoms with E-state index < -0.39 is 21.1 Å². The van der Waals surface area contributed by atoms with E-state index in [-0.39, 0.29) is 5.91 Å². The molecule has 0 aliphatic carbocycles. The van der Waals surface area contributed by atoms with Gasteiger partial charge in [-0.3, -0.25) is 4.79 Å². The number of hydrogen-bond donors (Lipinski definition) is 0. The first-order valence-corrected chi connectivity index (χ1v) is 9.12. The lowest BCUT2D eigenvalue weighted by atomic mass is 10.0. The third-order valence-corrected chi connectivity index (χ3v) is 6.05. The molecule has 4 nitrogen and oxygen atoms in total. The normalized spacial score (nSPS) is 14.5. The molecule has 5 heteroatoms. The number of carbonyl (C=O) groups excluding carboxylic acids is 1. The average Bonchev–Trinajstić information content (AvgIpc) is 2.50. The van der Waals surface area contributed by atoms with Crippen LogP contribution in [-0.4, -0.2) is 43.8 Å². The summed E-state index contributed by atoms with van der Waals surface area (Å²) in [5, 5.41) is 1.25. The fourth-order valence-electron chi connectivity index (χ4n) is 2.46. The Balaban J connectivity index is 2.38. The Morgan fingerprint density at radius 1 is 1.05 bits per heavy atom. The summed E-state index contributed by atoms with van der Waals surface area (Å²) in [4.78, 5) is 14.3. The monoisotopic (exact) mass is 319 g/mol. The highest BCUT2D eigenvalue weighted by molar-refractivity contribution is 7.91. The summed E-state index contributed by atoms with van der Waals surface area (Å²) in [7, 11) is -1.55. The Morgan fingerprint density at radius 2 is 1.64 bits per heavy atom. The van der Waals surface area contributed by atoms with Crippen molar-refractivity contribution in [3.63, 3.8) is 0 Å². The molecule has 0 saturated carbocycles. The van der Waals surface area contributed by atoms with Gasteiger partial charge in [-0.1, -0.05) is 36.4 Å². The molecule has 0 fully saturated rings. The zero-order chi connectivity index (χ0) is 16.5. The van der Waals surface area contributed by atoms with Gasteiger partial charge in [0.2, 0.25) is 0 Å². The van der Waals surface area contributed by atoms with Crippen molar-refractivity contribution in [1.29, 1.82) is 0 Å². The highest BCUT2D eigenvalue weighted by Crippen LogP contribution is 2.21. The number of amides is 1. The summed E-state index contributed by atoms with van der Waals surface area (Å²) in [5.74, 6) is -0.167. The van der Waals surface area contributed by atoms with Crippen LogP contribution in [0.1, 0.15) is 24.2 Å². The summed E-state index contributed by atoms with van der Waals surface area (Å²) in [5.41, 5.74) is 0.591. The molecule has 0 aromatic heterocycles. The molecule has 0 N–H and O–H groups in total. The first-order chi connectivity index (χ1) is 10.2. The Morgan fingerprint density at radius 3 is 2.27 bits per heavy atom. The number of fused-ring (bicyclic) bond motifs is 1. The standard InChI is InChI=1S/C17H21NO3S/c1-12(13(2)22(4,20)21)18(3)17(19)16-11-7-9-14-8-5-6-10-15(14)16/h5-13H,1-4H3. The highest BCUT2D eigenvalue weighted by Gasteiger charge is 2.29. The fourth-order valence-corrected chi connectivity index (χ4v) is 3.36. The third-order valence-electron chi connectivity index (χ3n) is 4.31. The molecule has 2 aromatic carbocycles. The van der Waals surface area contributed by atoms with Gasteiger partial charge in [0.25, 0.3) is 5.91 Å². The molecule has 2 aromatic rings. The van der Waals surface area contributed by atoms with Crippen LogP contribution in [0.4, 0.5) is 0 Å². The molecule has 0 radical (unpaired) electrons. The lowest BCUT2D eigenvalue weighted by Crippen LogP contribution is -2.44. The van der Waals surface area contributed by atoms with Crippen molar-refractivity contribution >= 4 is 26.5 Å². The molecule has 0 aliphatic heterocycles. The zero-order valence-electron chi connectivity index (χ0n) is 13.3. The first-order valence-electron chi connectivity index (χ1n) is 7.17. The second-order valence-electron chi connectivity index (χ2n) is 5.72. The van der Waals surface area contributed by atoms with Crippen LogP contribution in [0.15, 0.2) is 42.5 Å². The molecule has 0 saturated heterocycles. The van der Waals surface area contributed by atoms with E-state index in [0.29, 0.717) is 5.56 Å². The van der Waals surface area contributed by atoms with E-state index in [1.165, 1.54) is 11.2 Å². The summed E-state index contributed by atoms with van der Waals surface area (Å²) >= 11 is 0. The smallest absolute Gasteiger partial charge is 0.254 e. The minimum Gasteiger partial charge on any atom is -0.338 e. The van der Waals surface area contributed by atoms with E-state index in [0.717, 1.165) is 10.8 Å². The van der Waals surface area contributed by atoms with Crippen LogP contribution in [0.5, 0.6) is 0 Å². The van der Waals surface area contributed by atoms with Gasteiger partial charge in [-0.25, -0.2) is 8.42 Å². The molecule has 0 bridgehead atoms. The second kappa shape index (κ2) is 6.08. The van der Waals surface area contributed by atoms with Crippen LogP contribution in [0.25, 0.3) is 10.8 Å². The van der Waals surface area contributed by atoms with Gasteiger partial charge < -0.3 is 4.90 Å². The lowest BCUT2D eigenvalue weighted by molar-refractivity contribution is 0.0745. The van der Waals surface area contributed by atoms with E-state index >= 15 is 0 Å². The highest BCUT2D eigenvalue weighted by atomic mass is 32.2. The quantitative estimate of drug-likeness (QED) is 0.870.